The van der Waals surface area contributed by atoms with Crippen LogP contribution in [0.4, 0.5) is 0 Å². The molecule has 1 aliphatic heterocycles. The second kappa shape index (κ2) is 6.80. The smallest absolute Gasteiger partial charge is 0.188 e. The second-order valence-electron chi connectivity index (χ2n) is 5.10. The first-order valence-electron chi connectivity index (χ1n) is 6.76. The normalized spacial score (nSPS) is 23.5. The molecule has 2 rings (SSSR count). The highest BCUT2D eigenvalue weighted by Crippen LogP contribution is 2.37. The van der Waals surface area contributed by atoms with Crippen molar-refractivity contribution in [1.29, 1.82) is 0 Å². The Hall–Kier alpha value is -1.23. The highest BCUT2D eigenvalue weighted by atomic mass is 32.2. The van der Waals surface area contributed by atoms with Crippen LogP contribution in [0.5, 0.6) is 0 Å². The summed E-state index contributed by atoms with van der Waals surface area (Å²) in [6.07, 6.45) is 5.21. The number of nitrogens with two attached hydrogens (primary N) is 1. The van der Waals surface area contributed by atoms with Gasteiger partial charge in [0.15, 0.2) is 5.96 Å². The molecule has 104 valence electrons. The molecule has 4 nitrogen and oxygen atoms in total. The molecule has 0 aliphatic carbocycles. The average Bonchev–Trinajstić information content (AvgIpc) is 2.85. The van der Waals surface area contributed by atoms with Crippen LogP contribution >= 0.6 is 11.8 Å². The highest BCUT2D eigenvalue weighted by Gasteiger charge is 2.28. The lowest BCUT2D eigenvalue weighted by Crippen LogP contribution is -2.35. The Morgan fingerprint density at radius 2 is 2.47 bits per heavy atom. The number of rotatable bonds is 5. The van der Waals surface area contributed by atoms with Crippen molar-refractivity contribution in [2.24, 2.45) is 10.7 Å². The van der Waals surface area contributed by atoms with Crippen molar-refractivity contribution < 1.29 is 0 Å². The Labute approximate surface area is 119 Å². The monoisotopic (exact) mass is 278 g/mol. The number of thioether (sulfide) groups is 1. The molecule has 3 N–H and O–H groups in total. The standard InChI is InChI=1S/C14H22N4S/c1-14(7-4-10-19-14)11-18-13(15)17-9-6-12-5-2-3-8-16-12/h2-3,5,8H,4,6-7,9-11H2,1H3,(H3,15,17,18). The van der Waals surface area contributed by atoms with Gasteiger partial charge >= 0.3 is 0 Å². The molecule has 0 bridgehead atoms. The first-order valence-corrected chi connectivity index (χ1v) is 7.74. The number of nitrogens with zero attached hydrogens (tertiary/aromatic N) is 2. The van der Waals surface area contributed by atoms with Gasteiger partial charge in [0.2, 0.25) is 0 Å². The summed E-state index contributed by atoms with van der Waals surface area (Å²) in [4.78, 5) is 8.72. The highest BCUT2D eigenvalue weighted by molar-refractivity contribution is 8.00. The molecule has 1 saturated heterocycles. The molecule has 0 aromatic carbocycles. The quantitative estimate of drug-likeness (QED) is 0.637. The Bertz CT molecular complexity index is 413. The SMILES string of the molecule is CC1(CN=C(N)NCCc2ccccn2)CCCS1. The van der Waals surface area contributed by atoms with Crippen molar-refractivity contribution in [3.8, 4) is 0 Å². The van der Waals surface area contributed by atoms with Crippen molar-refractivity contribution in [3.05, 3.63) is 30.1 Å². The zero-order valence-electron chi connectivity index (χ0n) is 11.4. The minimum absolute atomic E-state index is 0.285. The Kier molecular flexibility index (Phi) is 5.07. The van der Waals surface area contributed by atoms with Gasteiger partial charge in [-0.25, -0.2) is 0 Å². The summed E-state index contributed by atoms with van der Waals surface area (Å²) in [6.45, 7) is 3.85. The molecular weight excluding hydrogens is 256 g/mol. The summed E-state index contributed by atoms with van der Waals surface area (Å²) in [5, 5.41) is 3.15. The van der Waals surface area contributed by atoms with Crippen LogP contribution in [0.15, 0.2) is 29.4 Å². The Morgan fingerprint density at radius 1 is 1.58 bits per heavy atom. The zero-order chi connectivity index (χ0) is 13.6. The zero-order valence-corrected chi connectivity index (χ0v) is 12.2. The Morgan fingerprint density at radius 3 is 3.16 bits per heavy atom. The summed E-state index contributed by atoms with van der Waals surface area (Å²) in [5.41, 5.74) is 6.95. The molecule has 0 spiro atoms. The summed E-state index contributed by atoms with van der Waals surface area (Å²) in [6, 6.07) is 5.94. The Balaban J connectivity index is 1.70. The van der Waals surface area contributed by atoms with Crippen LogP contribution in [0.2, 0.25) is 0 Å². The van der Waals surface area contributed by atoms with Gasteiger partial charge in [-0.1, -0.05) is 6.07 Å². The number of pyridine rings is 1. The van der Waals surface area contributed by atoms with E-state index in [0.29, 0.717) is 5.96 Å². The van der Waals surface area contributed by atoms with E-state index in [1.54, 1.807) is 0 Å². The number of aliphatic imine (C=N–C) groups is 1. The largest absolute Gasteiger partial charge is 0.370 e. The fraction of sp³-hybridized carbons (Fsp3) is 0.571. The topological polar surface area (TPSA) is 63.3 Å². The van der Waals surface area contributed by atoms with Crippen LogP contribution in [0.3, 0.4) is 0 Å². The molecule has 1 aliphatic rings. The van der Waals surface area contributed by atoms with Gasteiger partial charge in [-0.2, -0.15) is 11.8 Å². The third kappa shape index (κ3) is 4.74. The van der Waals surface area contributed by atoms with Crippen molar-refractivity contribution >= 4 is 17.7 Å². The molecule has 1 aromatic heterocycles. The van der Waals surface area contributed by atoms with E-state index < -0.39 is 0 Å². The third-order valence-corrected chi connectivity index (χ3v) is 4.82. The molecular formula is C14H22N4S. The van der Waals surface area contributed by atoms with E-state index in [0.717, 1.165) is 25.2 Å². The van der Waals surface area contributed by atoms with Crippen molar-refractivity contribution in [3.63, 3.8) is 0 Å². The van der Waals surface area contributed by atoms with Gasteiger partial charge in [-0.3, -0.25) is 9.98 Å². The van der Waals surface area contributed by atoms with E-state index in [-0.39, 0.29) is 4.75 Å². The van der Waals surface area contributed by atoms with Gasteiger partial charge < -0.3 is 11.1 Å². The fourth-order valence-corrected chi connectivity index (χ4v) is 3.36. The van der Waals surface area contributed by atoms with Crippen LogP contribution in [0.1, 0.15) is 25.5 Å². The van der Waals surface area contributed by atoms with E-state index in [1.165, 1.54) is 18.6 Å². The molecule has 19 heavy (non-hydrogen) atoms. The lowest BCUT2D eigenvalue weighted by atomic mass is 10.1. The molecule has 2 heterocycles. The molecule has 1 atom stereocenters. The second-order valence-corrected chi connectivity index (χ2v) is 6.78. The minimum atomic E-state index is 0.285. The number of hydrogen-bond acceptors (Lipinski definition) is 3. The van der Waals surface area contributed by atoms with Crippen LogP contribution < -0.4 is 11.1 Å². The van der Waals surface area contributed by atoms with Gasteiger partial charge in [0, 0.05) is 29.6 Å². The summed E-state index contributed by atoms with van der Waals surface area (Å²) < 4.78 is 0.285. The predicted molar refractivity (Wildman–Crippen MR) is 82.5 cm³/mol. The molecule has 0 saturated carbocycles. The van der Waals surface area contributed by atoms with Gasteiger partial charge in [0.05, 0.1) is 6.54 Å². The van der Waals surface area contributed by atoms with Crippen molar-refractivity contribution in [2.75, 3.05) is 18.8 Å². The first kappa shape index (κ1) is 14.2. The van der Waals surface area contributed by atoms with E-state index in [9.17, 15) is 0 Å². The lowest BCUT2D eigenvalue weighted by molar-refractivity contribution is 0.616. The molecule has 5 heteroatoms. The van der Waals surface area contributed by atoms with E-state index >= 15 is 0 Å². The van der Waals surface area contributed by atoms with Crippen molar-refractivity contribution in [1.82, 2.24) is 10.3 Å². The van der Waals surface area contributed by atoms with E-state index in [4.69, 9.17) is 5.73 Å². The maximum atomic E-state index is 5.88. The van der Waals surface area contributed by atoms with Gasteiger partial charge in [0.1, 0.15) is 0 Å². The molecule has 1 fully saturated rings. The summed E-state index contributed by atoms with van der Waals surface area (Å²) >= 11 is 2.01. The van der Waals surface area contributed by atoms with Crippen LogP contribution in [0, 0.1) is 0 Å². The van der Waals surface area contributed by atoms with Crippen LogP contribution in [-0.4, -0.2) is 34.5 Å². The van der Waals surface area contributed by atoms with Crippen molar-refractivity contribution in [2.45, 2.75) is 30.9 Å². The molecule has 1 unspecified atom stereocenters. The average molecular weight is 278 g/mol. The van der Waals surface area contributed by atoms with E-state index in [2.05, 4.69) is 22.2 Å². The van der Waals surface area contributed by atoms with Gasteiger partial charge in [0.25, 0.3) is 0 Å². The number of hydrogen-bond donors (Lipinski definition) is 2. The maximum Gasteiger partial charge on any atom is 0.188 e. The van der Waals surface area contributed by atoms with Crippen LogP contribution in [0.25, 0.3) is 0 Å². The van der Waals surface area contributed by atoms with Gasteiger partial charge in [-0.05, 0) is 37.7 Å². The number of aromatic nitrogens is 1. The number of nitrogens with one attached hydrogen (secondary N) is 1. The molecule has 0 radical (unpaired) electrons. The fourth-order valence-electron chi connectivity index (χ4n) is 2.13. The first-order chi connectivity index (χ1) is 9.18. The summed E-state index contributed by atoms with van der Waals surface area (Å²) in [7, 11) is 0. The number of guanidine groups is 1. The molecule has 0 amide bonds. The third-order valence-electron chi connectivity index (χ3n) is 3.30. The van der Waals surface area contributed by atoms with Crippen LogP contribution in [-0.2, 0) is 6.42 Å². The maximum absolute atomic E-state index is 5.88. The van der Waals surface area contributed by atoms with Gasteiger partial charge in [-0.15, -0.1) is 0 Å². The summed E-state index contributed by atoms with van der Waals surface area (Å²) in [5.74, 6) is 1.80. The van der Waals surface area contributed by atoms with E-state index in [1.807, 2.05) is 36.2 Å². The predicted octanol–water partition coefficient (Wildman–Crippen LogP) is 1.81. The molecule has 1 aromatic rings. The lowest BCUT2D eigenvalue weighted by Gasteiger charge is -2.19. The minimum Gasteiger partial charge on any atom is -0.370 e.